The maximum Gasteiger partial charge on any atom is 0.257 e. The second kappa shape index (κ2) is 8.13. The molecule has 4 rings (SSSR count). The van der Waals surface area contributed by atoms with E-state index in [0.717, 1.165) is 50.3 Å². The second-order valence-corrected chi connectivity index (χ2v) is 7.71. The molecule has 7 nitrogen and oxygen atoms in total. The number of anilines is 3. The van der Waals surface area contributed by atoms with Gasteiger partial charge in [-0.1, -0.05) is 12.1 Å². The van der Waals surface area contributed by atoms with Gasteiger partial charge in [-0.15, -0.1) is 0 Å². The van der Waals surface area contributed by atoms with E-state index in [2.05, 4.69) is 20.9 Å². The molecule has 2 amide bonds. The van der Waals surface area contributed by atoms with Gasteiger partial charge in [-0.2, -0.15) is 0 Å². The van der Waals surface area contributed by atoms with E-state index in [1.54, 1.807) is 18.2 Å². The Morgan fingerprint density at radius 1 is 1.10 bits per heavy atom. The quantitative estimate of drug-likeness (QED) is 0.583. The number of nitrogens with two attached hydrogens (primary N) is 1. The molecule has 2 aliphatic rings. The molecule has 2 aromatic rings. The van der Waals surface area contributed by atoms with Crippen molar-refractivity contribution in [2.24, 2.45) is 0 Å². The number of carbonyl (C=O) groups excluding carboxylic acids is 2. The highest BCUT2D eigenvalue weighted by Crippen LogP contribution is 2.28. The zero-order chi connectivity index (χ0) is 20.4. The van der Waals surface area contributed by atoms with Gasteiger partial charge >= 0.3 is 0 Å². The average Bonchev–Trinajstić information content (AvgIpc) is 3.54. The fourth-order valence-corrected chi connectivity index (χ4v) is 3.52. The molecule has 0 bridgehead atoms. The van der Waals surface area contributed by atoms with E-state index in [0.29, 0.717) is 22.5 Å². The summed E-state index contributed by atoms with van der Waals surface area (Å²) >= 11 is 0. The number of para-hydroxylation sites is 1. The Balaban J connectivity index is 1.54. The molecule has 0 spiro atoms. The van der Waals surface area contributed by atoms with Gasteiger partial charge in [-0.25, -0.2) is 0 Å². The molecule has 152 valence electrons. The van der Waals surface area contributed by atoms with Crippen LogP contribution in [-0.2, 0) is 0 Å². The van der Waals surface area contributed by atoms with E-state index in [9.17, 15) is 9.59 Å². The number of rotatable bonds is 5. The summed E-state index contributed by atoms with van der Waals surface area (Å²) in [5, 5.41) is 9.22. The topological polar surface area (TPSA) is 99.5 Å². The Bertz CT molecular complexity index is 933. The normalized spacial score (nSPS) is 16.4. The van der Waals surface area contributed by atoms with Crippen LogP contribution in [-0.4, -0.2) is 44.0 Å². The van der Waals surface area contributed by atoms with Gasteiger partial charge in [0.15, 0.2) is 0 Å². The highest BCUT2D eigenvalue weighted by molar-refractivity contribution is 6.10. The summed E-state index contributed by atoms with van der Waals surface area (Å²) in [6.07, 6.45) is 2.06. The van der Waals surface area contributed by atoms with Crippen LogP contribution < -0.4 is 26.6 Å². The number of nitrogens with one attached hydrogen (secondary N) is 3. The van der Waals surface area contributed by atoms with E-state index in [4.69, 9.17) is 5.73 Å². The third-order valence-corrected chi connectivity index (χ3v) is 5.45. The number of piperazine rings is 1. The maximum atomic E-state index is 13.0. The fourth-order valence-electron chi connectivity index (χ4n) is 3.52. The fraction of sp³-hybridized carbons (Fsp3) is 0.364. The zero-order valence-corrected chi connectivity index (χ0v) is 16.6. The number of hydrogen-bond donors (Lipinski definition) is 4. The van der Waals surface area contributed by atoms with Crippen molar-refractivity contribution in [3.8, 4) is 0 Å². The molecule has 5 N–H and O–H groups in total. The van der Waals surface area contributed by atoms with Gasteiger partial charge in [0.1, 0.15) is 0 Å². The van der Waals surface area contributed by atoms with Gasteiger partial charge < -0.3 is 26.6 Å². The molecule has 0 unspecified atom stereocenters. The minimum Gasteiger partial charge on any atom is -0.396 e. The van der Waals surface area contributed by atoms with Crippen LogP contribution in [0.15, 0.2) is 36.4 Å². The van der Waals surface area contributed by atoms with Crippen molar-refractivity contribution in [3.05, 3.63) is 53.1 Å². The Morgan fingerprint density at radius 3 is 2.59 bits per heavy atom. The first-order valence-corrected chi connectivity index (χ1v) is 10.1. The van der Waals surface area contributed by atoms with Crippen LogP contribution >= 0.6 is 0 Å². The SMILES string of the molecule is Cc1ccc(C(=O)NC2CC2)cc1NC(=O)c1cccc(N2CCNCC2)c1N. The first kappa shape index (κ1) is 19.3. The number of amides is 2. The number of carbonyl (C=O) groups is 2. The molecule has 1 saturated heterocycles. The smallest absolute Gasteiger partial charge is 0.257 e. The number of nitrogen functional groups attached to an aromatic ring is 1. The maximum absolute atomic E-state index is 13.0. The first-order chi connectivity index (χ1) is 14.0. The lowest BCUT2D eigenvalue weighted by atomic mass is 10.1. The molecule has 1 aliphatic heterocycles. The molecular formula is C22H27N5O2. The summed E-state index contributed by atoms with van der Waals surface area (Å²) in [5.74, 6) is -0.384. The van der Waals surface area contributed by atoms with Gasteiger partial charge in [0.2, 0.25) is 0 Å². The lowest BCUT2D eigenvalue weighted by Crippen LogP contribution is -2.43. The number of hydrogen-bond acceptors (Lipinski definition) is 5. The predicted octanol–water partition coefficient (Wildman–Crippen LogP) is 2.13. The van der Waals surface area contributed by atoms with Crippen LogP contribution in [0.4, 0.5) is 17.1 Å². The molecular weight excluding hydrogens is 366 g/mol. The minimum atomic E-state index is -0.276. The second-order valence-electron chi connectivity index (χ2n) is 7.71. The van der Waals surface area contributed by atoms with Gasteiger partial charge in [-0.05, 0) is 49.6 Å². The van der Waals surface area contributed by atoms with Crippen molar-refractivity contribution < 1.29 is 9.59 Å². The van der Waals surface area contributed by atoms with E-state index in [1.807, 2.05) is 25.1 Å². The van der Waals surface area contributed by atoms with Crippen molar-refractivity contribution in [2.45, 2.75) is 25.8 Å². The summed E-state index contributed by atoms with van der Waals surface area (Å²) in [5.41, 5.74) is 10.2. The molecule has 29 heavy (non-hydrogen) atoms. The monoisotopic (exact) mass is 393 g/mol. The summed E-state index contributed by atoms with van der Waals surface area (Å²) in [6, 6.07) is 11.2. The van der Waals surface area contributed by atoms with Crippen molar-refractivity contribution in [3.63, 3.8) is 0 Å². The van der Waals surface area contributed by atoms with Gasteiger partial charge in [0.25, 0.3) is 11.8 Å². The van der Waals surface area contributed by atoms with Crippen LogP contribution in [0.25, 0.3) is 0 Å². The van der Waals surface area contributed by atoms with Crippen molar-refractivity contribution >= 4 is 28.9 Å². The number of benzene rings is 2. The molecule has 0 radical (unpaired) electrons. The average molecular weight is 393 g/mol. The molecule has 1 heterocycles. The van der Waals surface area contributed by atoms with Crippen molar-refractivity contribution in [1.82, 2.24) is 10.6 Å². The molecule has 7 heteroatoms. The van der Waals surface area contributed by atoms with Crippen LogP contribution in [0.5, 0.6) is 0 Å². The third-order valence-electron chi connectivity index (χ3n) is 5.45. The molecule has 0 aromatic heterocycles. The first-order valence-electron chi connectivity index (χ1n) is 10.1. The van der Waals surface area contributed by atoms with Gasteiger partial charge in [0, 0.05) is 43.5 Å². The zero-order valence-electron chi connectivity index (χ0n) is 16.6. The number of aryl methyl sites for hydroxylation is 1. The largest absolute Gasteiger partial charge is 0.396 e. The molecule has 0 atom stereocenters. The Morgan fingerprint density at radius 2 is 1.86 bits per heavy atom. The highest BCUT2D eigenvalue weighted by atomic mass is 16.2. The van der Waals surface area contributed by atoms with Crippen LogP contribution in [0.3, 0.4) is 0 Å². The van der Waals surface area contributed by atoms with E-state index >= 15 is 0 Å². The molecule has 2 fully saturated rings. The van der Waals surface area contributed by atoms with E-state index in [-0.39, 0.29) is 17.9 Å². The van der Waals surface area contributed by atoms with E-state index < -0.39 is 0 Å². The van der Waals surface area contributed by atoms with Crippen molar-refractivity contribution in [1.29, 1.82) is 0 Å². The van der Waals surface area contributed by atoms with Crippen LogP contribution in [0, 0.1) is 6.92 Å². The highest BCUT2D eigenvalue weighted by Gasteiger charge is 2.24. The summed E-state index contributed by atoms with van der Waals surface area (Å²) < 4.78 is 0. The summed E-state index contributed by atoms with van der Waals surface area (Å²) in [7, 11) is 0. The summed E-state index contributed by atoms with van der Waals surface area (Å²) in [4.78, 5) is 27.5. The van der Waals surface area contributed by atoms with Gasteiger partial charge in [0.05, 0.1) is 16.9 Å². The Hall–Kier alpha value is -3.06. The predicted molar refractivity (Wildman–Crippen MR) is 116 cm³/mol. The molecule has 1 aliphatic carbocycles. The van der Waals surface area contributed by atoms with Crippen molar-refractivity contribution in [2.75, 3.05) is 42.1 Å². The lowest BCUT2D eigenvalue weighted by molar-refractivity contribution is 0.0949. The number of nitrogens with zero attached hydrogens (tertiary/aromatic N) is 1. The van der Waals surface area contributed by atoms with E-state index in [1.165, 1.54) is 0 Å². The third kappa shape index (κ3) is 4.35. The standard InChI is InChI=1S/C22H27N5O2/c1-14-5-6-15(21(28)25-16-7-8-16)13-18(14)26-22(29)17-3-2-4-19(20(17)23)27-11-9-24-10-12-27/h2-6,13,16,24H,7-12,23H2,1H3,(H,25,28)(H,26,29). The molecule has 2 aromatic carbocycles. The Labute approximate surface area is 170 Å². The Kier molecular flexibility index (Phi) is 5.40. The van der Waals surface area contributed by atoms with Crippen LogP contribution in [0.1, 0.15) is 39.1 Å². The molecule has 1 saturated carbocycles. The van der Waals surface area contributed by atoms with Gasteiger partial charge in [-0.3, -0.25) is 9.59 Å². The lowest BCUT2D eigenvalue weighted by Gasteiger charge is -2.30. The van der Waals surface area contributed by atoms with Crippen LogP contribution in [0.2, 0.25) is 0 Å². The summed E-state index contributed by atoms with van der Waals surface area (Å²) in [6.45, 7) is 5.40. The minimum absolute atomic E-state index is 0.108.